The molecule has 100 valence electrons. The van der Waals surface area contributed by atoms with Crippen molar-refractivity contribution in [1.29, 1.82) is 5.41 Å². The summed E-state index contributed by atoms with van der Waals surface area (Å²) in [6, 6.07) is 13.3. The summed E-state index contributed by atoms with van der Waals surface area (Å²) in [4.78, 5) is 11.8. The van der Waals surface area contributed by atoms with Crippen molar-refractivity contribution in [2.24, 2.45) is 0 Å². The van der Waals surface area contributed by atoms with E-state index >= 15 is 0 Å². The number of hydrogen-bond acceptors (Lipinski definition) is 4. The fourth-order valence-electron chi connectivity index (χ4n) is 2.25. The number of nitrogens with one attached hydrogen (secondary N) is 1. The molecule has 0 amide bonds. The molecule has 3 rings (SSSR count). The van der Waals surface area contributed by atoms with Gasteiger partial charge in [0, 0.05) is 5.39 Å². The molecule has 1 heterocycles. The fraction of sp³-hybridized carbons (Fsp3) is 0.125. The summed E-state index contributed by atoms with van der Waals surface area (Å²) in [7, 11) is 0. The van der Waals surface area contributed by atoms with Crippen LogP contribution in [0.1, 0.15) is 17.3 Å². The predicted octanol–water partition coefficient (Wildman–Crippen LogP) is 3.24. The Morgan fingerprint density at radius 2 is 2.00 bits per heavy atom. The Balaban J connectivity index is 2.34. The van der Waals surface area contributed by atoms with Gasteiger partial charge >= 0.3 is 5.97 Å². The first kappa shape index (κ1) is 12.4. The third-order valence-corrected chi connectivity index (χ3v) is 3.17. The minimum absolute atomic E-state index is 0.149. The number of benzene rings is 2. The number of carbonyl (C=O) groups excluding carboxylic acids is 1. The molecule has 1 aromatic heterocycles. The summed E-state index contributed by atoms with van der Waals surface area (Å²) < 4.78 is 10.4. The van der Waals surface area contributed by atoms with Gasteiger partial charge in [-0.3, -0.25) is 5.41 Å². The Bertz CT molecular complexity index is 864. The van der Waals surface area contributed by atoms with Crippen LogP contribution >= 0.6 is 0 Å². The third kappa shape index (κ3) is 1.95. The molecule has 0 aliphatic carbocycles. The standard InChI is InChI=1S/C16H13NO3/c1-2-19-16(18)13-9-12-11-6-4-3-5-10(11)7-8-14(12)20-15(13)17/h3-9,17H,2H2,1H3. The van der Waals surface area contributed by atoms with Gasteiger partial charge in [0.15, 0.2) is 0 Å². The van der Waals surface area contributed by atoms with E-state index in [0.29, 0.717) is 5.58 Å². The molecule has 0 saturated heterocycles. The molecule has 0 radical (unpaired) electrons. The van der Waals surface area contributed by atoms with Crippen LogP contribution in [0.2, 0.25) is 0 Å². The lowest BCUT2D eigenvalue weighted by Crippen LogP contribution is -2.16. The number of fused-ring (bicyclic) bond motifs is 3. The van der Waals surface area contributed by atoms with Crippen LogP contribution < -0.4 is 5.55 Å². The van der Waals surface area contributed by atoms with Crippen LogP contribution in [0.25, 0.3) is 21.7 Å². The Labute approximate surface area is 115 Å². The molecule has 20 heavy (non-hydrogen) atoms. The van der Waals surface area contributed by atoms with E-state index in [0.717, 1.165) is 16.2 Å². The van der Waals surface area contributed by atoms with E-state index in [1.807, 2.05) is 36.4 Å². The van der Waals surface area contributed by atoms with Gasteiger partial charge in [-0.05, 0) is 29.8 Å². The first-order chi connectivity index (χ1) is 9.70. The molecule has 4 nitrogen and oxygen atoms in total. The molecule has 0 fully saturated rings. The van der Waals surface area contributed by atoms with Gasteiger partial charge in [-0.2, -0.15) is 0 Å². The lowest BCUT2D eigenvalue weighted by Gasteiger charge is -2.06. The first-order valence-electron chi connectivity index (χ1n) is 6.38. The van der Waals surface area contributed by atoms with Crippen molar-refractivity contribution in [1.82, 2.24) is 0 Å². The molecule has 0 aliphatic heterocycles. The Kier molecular flexibility index (Phi) is 2.99. The molecule has 0 bridgehead atoms. The highest BCUT2D eigenvalue weighted by Gasteiger charge is 2.13. The smallest absolute Gasteiger partial charge is 0.343 e. The van der Waals surface area contributed by atoms with Crippen LogP contribution in [0.15, 0.2) is 46.9 Å². The largest absolute Gasteiger partial charge is 0.462 e. The average molecular weight is 267 g/mol. The molecule has 4 heteroatoms. The third-order valence-electron chi connectivity index (χ3n) is 3.17. The highest BCUT2D eigenvalue weighted by Crippen LogP contribution is 2.24. The van der Waals surface area contributed by atoms with Crippen molar-refractivity contribution in [2.45, 2.75) is 6.92 Å². The van der Waals surface area contributed by atoms with Crippen LogP contribution in [-0.2, 0) is 4.74 Å². The van der Waals surface area contributed by atoms with Crippen LogP contribution in [0, 0.1) is 5.41 Å². The monoisotopic (exact) mass is 267 g/mol. The van der Waals surface area contributed by atoms with E-state index in [4.69, 9.17) is 14.6 Å². The molecule has 0 unspecified atom stereocenters. The summed E-state index contributed by atoms with van der Waals surface area (Å²) in [5, 5.41) is 10.7. The Morgan fingerprint density at radius 1 is 1.20 bits per heavy atom. The van der Waals surface area contributed by atoms with Gasteiger partial charge in [0.25, 0.3) is 0 Å². The van der Waals surface area contributed by atoms with Crippen LogP contribution in [-0.4, -0.2) is 12.6 Å². The van der Waals surface area contributed by atoms with Gasteiger partial charge in [-0.1, -0.05) is 30.3 Å². The summed E-state index contributed by atoms with van der Waals surface area (Å²) in [6.07, 6.45) is 0. The maximum atomic E-state index is 11.8. The highest BCUT2D eigenvalue weighted by atomic mass is 16.5. The molecular formula is C16H13NO3. The normalized spacial score (nSPS) is 10.8. The average Bonchev–Trinajstić information content (AvgIpc) is 2.46. The van der Waals surface area contributed by atoms with Gasteiger partial charge in [-0.25, -0.2) is 4.79 Å². The molecule has 1 N–H and O–H groups in total. The number of esters is 1. The summed E-state index contributed by atoms with van der Waals surface area (Å²) >= 11 is 0. The highest BCUT2D eigenvalue weighted by molar-refractivity contribution is 6.07. The van der Waals surface area contributed by atoms with Crippen molar-refractivity contribution >= 4 is 27.7 Å². The first-order valence-corrected chi connectivity index (χ1v) is 6.38. The van der Waals surface area contributed by atoms with Gasteiger partial charge in [-0.15, -0.1) is 0 Å². The maximum absolute atomic E-state index is 11.8. The summed E-state index contributed by atoms with van der Waals surface area (Å²) in [6.45, 7) is 2.00. The van der Waals surface area contributed by atoms with E-state index in [1.165, 1.54) is 0 Å². The second kappa shape index (κ2) is 4.81. The van der Waals surface area contributed by atoms with Gasteiger partial charge in [0.2, 0.25) is 5.55 Å². The zero-order valence-electron chi connectivity index (χ0n) is 11.0. The minimum Gasteiger partial charge on any atom is -0.462 e. The molecular weight excluding hydrogens is 254 g/mol. The van der Waals surface area contributed by atoms with Crippen molar-refractivity contribution in [3.63, 3.8) is 0 Å². The van der Waals surface area contributed by atoms with Crippen LogP contribution in [0.3, 0.4) is 0 Å². The number of ether oxygens (including phenoxy) is 1. The van der Waals surface area contributed by atoms with Crippen molar-refractivity contribution in [3.05, 3.63) is 53.6 Å². The molecule has 2 aromatic carbocycles. The number of carbonyl (C=O) groups is 1. The Hall–Kier alpha value is -2.62. The number of rotatable bonds is 2. The number of hydrogen-bond donors (Lipinski definition) is 1. The fourth-order valence-corrected chi connectivity index (χ4v) is 2.25. The molecule has 0 atom stereocenters. The molecule has 0 spiro atoms. The molecule has 3 aromatic rings. The zero-order valence-corrected chi connectivity index (χ0v) is 11.0. The van der Waals surface area contributed by atoms with Crippen molar-refractivity contribution < 1.29 is 13.9 Å². The summed E-state index contributed by atoms with van der Waals surface area (Å²) in [5.41, 5.74) is 0.559. The second-order valence-corrected chi connectivity index (χ2v) is 4.41. The summed E-state index contributed by atoms with van der Waals surface area (Å²) in [5.74, 6) is -0.531. The SMILES string of the molecule is CCOC(=O)c1cc2c(ccc3ccccc32)oc1=N. The lowest BCUT2D eigenvalue weighted by molar-refractivity contribution is 0.0521. The predicted molar refractivity (Wildman–Crippen MR) is 75.5 cm³/mol. The van der Waals surface area contributed by atoms with Gasteiger partial charge in [0.1, 0.15) is 11.1 Å². The quantitative estimate of drug-likeness (QED) is 0.572. The van der Waals surface area contributed by atoms with Crippen LogP contribution in [0.5, 0.6) is 0 Å². The van der Waals surface area contributed by atoms with E-state index in [2.05, 4.69) is 0 Å². The molecule has 0 aliphatic rings. The minimum atomic E-state index is -0.531. The van der Waals surface area contributed by atoms with Crippen LogP contribution in [0.4, 0.5) is 0 Å². The zero-order chi connectivity index (χ0) is 14.1. The van der Waals surface area contributed by atoms with Gasteiger partial charge < -0.3 is 9.15 Å². The van der Waals surface area contributed by atoms with Crippen molar-refractivity contribution in [3.8, 4) is 0 Å². The van der Waals surface area contributed by atoms with E-state index < -0.39 is 5.97 Å². The Morgan fingerprint density at radius 3 is 2.80 bits per heavy atom. The second-order valence-electron chi connectivity index (χ2n) is 4.41. The van der Waals surface area contributed by atoms with Gasteiger partial charge in [0.05, 0.1) is 6.61 Å². The lowest BCUT2D eigenvalue weighted by atomic mass is 10.0. The molecule has 0 saturated carbocycles. The van der Waals surface area contributed by atoms with Crippen molar-refractivity contribution in [2.75, 3.05) is 6.61 Å². The van der Waals surface area contributed by atoms with E-state index in [-0.39, 0.29) is 17.7 Å². The van der Waals surface area contributed by atoms with E-state index in [1.54, 1.807) is 13.0 Å². The van der Waals surface area contributed by atoms with E-state index in [9.17, 15) is 4.79 Å². The maximum Gasteiger partial charge on any atom is 0.343 e. The topological polar surface area (TPSA) is 63.3 Å².